The number of nitrogens with one attached hydrogen (secondary N) is 2. The van der Waals surface area contributed by atoms with E-state index in [2.05, 4.69) is 55.3 Å². The Hall–Kier alpha value is -3.17. The number of anilines is 1. The summed E-state index contributed by atoms with van der Waals surface area (Å²) in [4.78, 5) is 58.2. The third-order valence-electron chi connectivity index (χ3n) is 9.67. The second-order valence-corrected chi connectivity index (χ2v) is 15.2. The molecule has 1 saturated heterocycles. The second kappa shape index (κ2) is 9.42. The molecular formula is C32H33N3O4S2. The number of nitrogens with zero attached hydrogens (tertiary/aromatic N) is 1. The van der Waals surface area contributed by atoms with Crippen molar-refractivity contribution in [3.8, 4) is 0 Å². The number of aromatic amines is 1. The van der Waals surface area contributed by atoms with Crippen LogP contribution >= 0.6 is 23.1 Å². The van der Waals surface area contributed by atoms with Crippen molar-refractivity contribution in [2.75, 3.05) is 11.9 Å². The Morgan fingerprint density at radius 1 is 1.00 bits per heavy atom. The molecule has 1 aromatic heterocycles. The number of thioether (sulfide) groups is 1. The van der Waals surface area contributed by atoms with Crippen LogP contribution in [0.3, 0.4) is 0 Å². The van der Waals surface area contributed by atoms with Gasteiger partial charge in [0.05, 0.1) is 16.9 Å². The number of thiazole rings is 1. The Morgan fingerprint density at radius 2 is 1.68 bits per heavy atom. The summed E-state index contributed by atoms with van der Waals surface area (Å²) in [6.07, 6.45) is 0.828. The maximum Gasteiger partial charge on any atom is 0.305 e. The highest BCUT2D eigenvalue weighted by atomic mass is 32.2. The predicted octanol–water partition coefficient (Wildman–Crippen LogP) is 5.15. The maximum atomic E-state index is 13.8. The van der Waals surface area contributed by atoms with Crippen LogP contribution in [0, 0.1) is 36.5 Å². The average molecular weight is 588 g/mol. The van der Waals surface area contributed by atoms with Gasteiger partial charge < -0.3 is 10.3 Å². The monoisotopic (exact) mass is 587 g/mol. The van der Waals surface area contributed by atoms with Crippen molar-refractivity contribution in [3.05, 3.63) is 79.8 Å². The van der Waals surface area contributed by atoms with Crippen LogP contribution in [0.2, 0.25) is 0 Å². The number of amides is 3. The van der Waals surface area contributed by atoms with E-state index in [1.807, 2.05) is 31.2 Å². The summed E-state index contributed by atoms with van der Waals surface area (Å²) < 4.78 is 0. The molecule has 2 aliphatic carbocycles. The Morgan fingerprint density at radius 3 is 2.37 bits per heavy atom. The highest BCUT2D eigenvalue weighted by Gasteiger charge is 2.69. The van der Waals surface area contributed by atoms with E-state index < -0.39 is 11.8 Å². The first-order chi connectivity index (χ1) is 19.5. The summed E-state index contributed by atoms with van der Waals surface area (Å²) in [5, 5.41) is 3.90. The first-order valence-electron chi connectivity index (χ1n) is 14.2. The van der Waals surface area contributed by atoms with E-state index >= 15 is 0 Å². The van der Waals surface area contributed by atoms with E-state index in [0.29, 0.717) is 5.69 Å². The second-order valence-electron chi connectivity index (χ2n) is 13.0. The van der Waals surface area contributed by atoms with Gasteiger partial charge in [-0.2, -0.15) is 0 Å². The van der Waals surface area contributed by atoms with Crippen molar-refractivity contribution < 1.29 is 14.4 Å². The van der Waals surface area contributed by atoms with Gasteiger partial charge in [-0.05, 0) is 59.3 Å². The average Bonchev–Trinajstić information content (AvgIpc) is 3.65. The number of hydrogen-bond donors (Lipinski definition) is 2. The standard InChI is InChI=1S/C32H33N3O4S2/c1-15-7-5-6-8-20(15)33-21(36)14-35-29(37)24-18-13-19(25(24)30(35)38)26-23(18)22(27-28(40-26)34-31(39)41-27)16-9-11-17(12-10-16)32(2,3)4/h5-12,18-19,22-26H,13-14H2,1-4H3,(H,33,36)(H,34,39)/t18?,19?,22-,23?,24?,25?,26?/m1/s1. The molecule has 0 spiro atoms. The van der Waals surface area contributed by atoms with Gasteiger partial charge in [0.15, 0.2) is 0 Å². The lowest BCUT2D eigenvalue weighted by Gasteiger charge is -2.43. The predicted molar refractivity (Wildman–Crippen MR) is 160 cm³/mol. The molecule has 3 heterocycles. The molecule has 4 aliphatic rings. The molecule has 3 amide bonds. The van der Waals surface area contributed by atoms with Crippen molar-refractivity contribution in [3.63, 3.8) is 0 Å². The van der Waals surface area contributed by atoms with Crippen LogP contribution < -0.4 is 10.2 Å². The quantitative estimate of drug-likeness (QED) is 0.411. The molecule has 7 atom stereocenters. The number of hydrogen-bond acceptors (Lipinski definition) is 6. The summed E-state index contributed by atoms with van der Waals surface area (Å²) in [5.41, 5.74) is 4.02. The molecular weight excluding hydrogens is 555 g/mol. The molecule has 212 valence electrons. The molecule has 2 aromatic carbocycles. The molecule has 41 heavy (non-hydrogen) atoms. The zero-order valence-electron chi connectivity index (χ0n) is 23.5. The number of aryl methyl sites for hydroxylation is 1. The van der Waals surface area contributed by atoms with E-state index in [0.717, 1.165) is 27.5 Å². The van der Waals surface area contributed by atoms with Crippen molar-refractivity contribution in [2.24, 2.45) is 29.6 Å². The lowest BCUT2D eigenvalue weighted by Crippen LogP contribution is -2.42. The van der Waals surface area contributed by atoms with Crippen LogP contribution in [0.5, 0.6) is 0 Å². The van der Waals surface area contributed by atoms with Crippen molar-refractivity contribution >= 4 is 46.5 Å². The molecule has 2 saturated carbocycles. The fraction of sp³-hybridized carbons (Fsp3) is 0.438. The van der Waals surface area contributed by atoms with E-state index in [9.17, 15) is 19.2 Å². The summed E-state index contributed by atoms with van der Waals surface area (Å²) in [5.74, 6) is -1.41. The van der Waals surface area contributed by atoms with Gasteiger partial charge >= 0.3 is 4.87 Å². The van der Waals surface area contributed by atoms with Gasteiger partial charge in [-0.1, -0.05) is 74.6 Å². The van der Waals surface area contributed by atoms with Gasteiger partial charge in [-0.3, -0.25) is 24.1 Å². The van der Waals surface area contributed by atoms with Gasteiger partial charge in [0.1, 0.15) is 6.54 Å². The highest BCUT2D eigenvalue weighted by molar-refractivity contribution is 8.00. The third-order valence-corrected chi connectivity index (χ3v) is 12.3. The minimum absolute atomic E-state index is 0.00789. The number of imide groups is 1. The molecule has 3 fully saturated rings. The molecule has 2 bridgehead atoms. The fourth-order valence-electron chi connectivity index (χ4n) is 7.84. The minimum Gasteiger partial charge on any atom is -0.324 e. The normalized spacial score (nSPS) is 29.9. The largest absolute Gasteiger partial charge is 0.324 e. The number of rotatable bonds is 4. The fourth-order valence-corrected chi connectivity index (χ4v) is 10.7. The highest BCUT2D eigenvalue weighted by Crippen LogP contribution is 2.68. The van der Waals surface area contributed by atoms with E-state index in [1.165, 1.54) is 21.8 Å². The number of H-pyrrole nitrogens is 1. The Bertz CT molecular complexity index is 1640. The minimum atomic E-state index is -0.408. The first-order valence-corrected chi connectivity index (χ1v) is 15.9. The van der Waals surface area contributed by atoms with Gasteiger partial charge in [0.25, 0.3) is 0 Å². The van der Waals surface area contributed by atoms with E-state index in [-0.39, 0.29) is 63.5 Å². The lowest BCUT2D eigenvalue weighted by atomic mass is 9.68. The van der Waals surface area contributed by atoms with Crippen molar-refractivity contribution in [2.45, 2.75) is 55.7 Å². The van der Waals surface area contributed by atoms with Gasteiger partial charge in [0, 0.05) is 21.7 Å². The number of fused-ring (bicyclic) bond motifs is 9. The van der Waals surface area contributed by atoms with Crippen LogP contribution in [-0.2, 0) is 19.8 Å². The molecule has 2 N–H and O–H groups in total. The number of carbonyl (C=O) groups excluding carboxylic acids is 3. The zero-order valence-corrected chi connectivity index (χ0v) is 25.1. The first kappa shape index (κ1) is 26.7. The number of benzene rings is 2. The lowest BCUT2D eigenvalue weighted by molar-refractivity contribution is -0.143. The molecule has 7 nitrogen and oxygen atoms in total. The molecule has 6 unspecified atom stereocenters. The van der Waals surface area contributed by atoms with Crippen LogP contribution in [0.4, 0.5) is 5.69 Å². The smallest absolute Gasteiger partial charge is 0.305 e. The number of carbonyl (C=O) groups is 3. The molecule has 0 radical (unpaired) electrons. The third kappa shape index (κ3) is 4.14. The van der Waals surface area contributed by atoms with Crippen molar-refractivity contribution in [1.82, 2.24) is 9.88 Å². The van der Waals surface area contributed by atoms with Crippen LogP contribution in [0.25, 0.3) is 0 Å². The Kier molecular flexibility index (Phi) is 6.14. The topological polar surface area (TPSA) is 99.3 Å². The van der Waals surface area contributed by atoms with E-state index in [1.54, 1.807) is 11.8 Å². The van der Waals surface area contributed by atoms with E-state index in [4.69, 9.17) is 0 Å². The Balaban J connectivity index is 1.19. The zero-order chi connectivity index (χ0) is 28.8. The summed E-state index contributed by atoms with van der Waals surface area (Å²) in [7, 11) is 0. The molecule has 7 rings (SSSR count). The SMILES string of the molecule is Cc1ccccc1NC(=O)CN1C(=O)C2C3CC(C2C1=O)C1C3Sc2[nH]c(=O)sc2[C@@H]1c1ccc(C(C)(C)C)cc1. The van der Waals surface area contributed by atoms with Crippen molar-refractivity contribution in [1.29, 1.82) is 0 Å². The summed E-state index contributed by atoms with van der Waals surface area (Å²) >= 11 is 2.95. The maximum absolute atomic E-state index is 13.8. The Labute approximate surface area is 247 Å². The number of para-hydroxylation sites is 1. The van der Waals surface area contributed by atoms with Gasteiger partial charge in [0.2, 0.25) is 17.7 Å². The van der Waals surface area contributed by atoms with Gasteiger partial charge in [-0.15, -0.1) is 11.8 Å². The number of likely N-dealkylation sites (tertiary alicyclic amines) is 1. The molecule has 9 heteroatoms. The van der Waals surface area contributed by atoms with Crippen LogP contribution in [0.1, 0.15) is 54.7 Å². The molecule has 3 aromatic rings. The van der Waals surface area contributed by atoms with Gasteiger partial charge in [-0.25, -0.2) is 0 Å². The van der Waals surface area contributed by atoms with Crippen LogP contribution in [-0.4, -0.2) is 39.4 Å². The summed E-state index contributed by atoms with van der Waals surface area (Å²) in [6.45, 7) is 8.22. The summed E-state index contributed by atoms with van der Waals surface area (Å²) in [6, 6.07) is 16.2. The number of aromatic nitrogens is 1. The van der Waals surface area contributed by atoms with Crippen LogP contribution in [0.15, 0.2) is 58.4 Å². The molecule has 2 aliphatic heterocycles.